The number of hydrogen-bond acceptors (Lipinski definition) is 4. The van der Waals surface area contributed by atoms with E-state index in [0.29, 0.717) is 12.6 Å². The molecule has 2 aliphatic rings. The fourth-order valence-electron chi connectivity index (χ4n) is 3.06. The Hall–Kier alpha value is -1.10. The summed E-state index contributed by atoms with van der Waals surface area (Å²) in [6.07, 6.45) is 2.20. The smallest absolute Gasteiger partial charge is 0.163 e. The Bertz CT molecular complexity index is 501. The Kier molecular flexibility index (Phi) is 4.20. The minimum absolute atomic E-state index is 0.131. The van der Waals surface area contributed by atoms with Crippen molar-refractivity contribution in [2.45, 2.75) is 51.5 Å². The van der Waals surface area contributed by atoms with Gasteiger partial charge in [-0.1, -0.05) is 19.1 Å². The average Bonchev–Trinajstić information content (AvgIpc) is 3.05. The summed E-state index contributed by atoms with van der Waals surface area (Å²) in [4.78, 5) is 0. The van der Waals surface area contributed by atoms with Gasteiger partial charge in [0.05, 0.1) is 19.3 Å². The van der Waals surface area contributed by atoms with Gasteiger partial charge in [-0.15, -0.1) is 0 Å². The lowest BCUT2D eigenvalue weighted by Gasteiger charge is -2.21. The normalized spacial score (nSPS) is 24.6. The van der Waals surface area contributed by atoms with Gasteiger partial charge in [0.1, 0.15) is 5.75 Å². The molecule has 1 N–H and O–H groups in total. The summed E-state index contributed by atoms with van der Waals surface area (Å²) in [5, 5.41) is 3.61. The summed E-state index contributed by atoms with van der Waals surface area (Å²) in [5.74, 6) is 0.599. The first-order chi connectivity index (χ1) is 10.1. The molecule has 1 fully saturated rings. The van der Waals surface area contributed by atoms with E-state index < -0.39 is 5.79 Å². The van der Waals surface area contributed by atoms with Gasteiger partial charge in [0, 0.05) is 19.0 Å². The maximum atomic E-state index is 5.85. The second-order valence-corrected chi connectivity index (χ2v) is 6.29. The fourth-order valence-corrected chi connectivity index (χ4v) is 3.06. The molecule has 3 rings (SSSR count). The molecule has 21 heavy (non-hydrogen) atoms. The van der Waals surface area contributed by atoms with Gasteiger partial charge in [-0.3, -0.25) is 0 Å². The summed E-state index contributed by atoms with van der Waals surface area (Å²) >= 11 is 0. The maximum Gasteiger partial charge on any atom is 0.163 e. The lowest BCUT2D eigenvalue weighted by Crippen LogP contribution is -2.32. The van der Waals surface area contributed by atoms with Crippen molar-refractivity contribution in [1.82, 2.24) is 5.32 Å². The molecule has 0 saturated carbocycles. The van der Waals surface area contributed by atoms with E-state index in [1.807, 2.05) is 13.8 Å². The second kappa shape index (κ2) is 5.95. The van der Waals surface area contributed by atoms with Gasteiger partial charge in [-0.2, -0.15) is 0 Å². The highest BCUT2D eigenvalue weighted by molar-refractivity contribution is 5.40. The van der Waals surface area contributed by atoms with E-state index in [2.05, 4.69) is 30.4 Å². The minimum Gasteiger partial charge on any atom is -0.493 e. The zero-order valence-corrected chi connectivity index (χ0v) is 13.1. The van der Waals surface area contributed by atoms with E-state index in [9.17, 15) is 0 Å². The Balaban J connectivity index is 1.60. The number of nitrogens with one attached hydrogen (secondary N) is 1. The van der Waals surface area contributed by atoms with Gasteiger partial charge in [0.25, 0.3) is 0 Å². The Morgan fingerprint density at radius 3 is 2.95 bits per heavy atom. The molecule has 1 aromatic carbocycles. The van der Waals surface area contributed by atoms with Gasteiger partial charge in [-0.05, 0) is 37.5 Å². The van der Waals surface area contributed by atoms with Crippen LogP contribution >= 0.6 is 0 Å². The van der Waals surface area contributed by atoms with Crippen molar-refractivity contribution in [2.75, 3.05) is 19.8 Å². The van der Waals surface area contributed by atoms with Crippen molar-refractivity contribution in [1.29, 1.82) is 0 Å². The highest BCUT2D eigenvalue weighted by Crippen LogP contribution is 2.29. The number of benzene rings is 1. The van der Waals surface area contributed by atoms with Crippen LogP contribution in [0, 0.1) is 0 Å². The second-order valence-electron chi connectivity index (χ2n) is 6.29. The molecular weight excluding hydrogens is 266 g/mol. The van der Waals surface area contributed by atoms with Crippen molar-refractivity contribution < 1.29 is 14.2 Å². The Morgan fingerprint density at radius 2 is 2.24 bits per heavy atom. The predicted molar refractivity (Wildman–Crippen MR) is 81.6 cm³/mol. The van der Waals surface area contributed by atoms with E-state index in [4.69, 9.17) is 14.2 Å². The van der Waals surface area contributed by atoms with Crippen LogP contribution in [0.3, 0.4) is 0 Å². The molecule has 2 unspecified atom stereocenters. The molecule has 116 valence electrons. The monoisotopic (exact) mass is 291 g/mol. The summed E-state index contributed by atoms with van der Waals surface area (Å²) in [5.41, 5.74) is 2.66. The van der Waals surface area contributed by atoms with Crippen molar-refractivity contribution in [3.63, 3.8) is 0 Å². The van der Waals surface area contributed by atoms with Crippen LogP contribution in [0.2, 0.25) is 0 Å². The third-order valence-electron chi connectivity index (χ3n) is 4.18. The molecule has 0 radical (unpaired) electrons. The number of hydrogen-bond donors (Lipinski definition) is 1. The molecule has 2 aliphatic heterocycles. The zero-order chi connectivity index (χ0) is 14.9. The van der Waals surface area contributed by atoms with Crippen LogP contribution in [0.15, 0.2) is 18.2 Å². The number of fused-ring (bicyclic) bond motifs is 1. The van der Waals surface area contributed by atoms with Crippen LogP contribution in [0.1, 0.15) is 44.4 Å². The molecular formula is C17H25NO3. The van der Waals surface area contributed by atoms with E-state index in [-0.39, 0.29) is 6.10 Å². The van der Waals surface area contributed by atoms with Gasteiger partial charge in [0.2, 0.25) is 0 Å². The van der Waals surface area contributed by atoms with Crippen molar-refractivity contribution >= 4 is 0 Å². The van der Waals surface area contributed by atoms with Gasteiger partial charge >= 0.3 is 0 Å². The first kappa shape index (κ1) is 14.8. The third kappa shape index (κ3) is 3.39. The molecule has 0 aliphatic carbocycles. The summed E-state index contributed by atoms with van der Waals surface area (Å²) in [6, 6.07) is 6.89. The molecule has 0 bridgehead atoms. The van der Waals surface area contributed by atoms with Gasteiger partial charge < -0.3 is 19.5 Å². The van der Waals surface area contributed by atoms with E-state index in [1.165, 1.54) is 11.1 Å². The van der Waals surface area contributed by atoms with Crippen LogP contribution in [0.4, 0.5) is 0 Å². The van der Waals surface area contributed by atoms with E-state index in [1.54, 1.807) is 0 Å². The quantitative estimate of drug-likeness (QED) is 0.905. The Morgan fingerprint density at radius 1 is 1.38 bits per heavy atom. The van der Waals surface area contributed by atoms with Crippen LogP contribution < -0.4 is 10.1 Å². The summed E-state index contributed by atoms with van der Waals surface area (Å²) in [7, 11) is 0. The first-order valence-electron chi connectivity index (χ1n) is 7.88. The number of rotatable bonds is 5. The molecule has 0 spiro atoms. The standard InChI is InChI=1S/C17H25NO3/c1-4-15(18-10-14-11-20-17(2,3)21-14)12-5-6-16-13(9-12)7-8-19-16/h5-6,9,14-15,18H,4,7-8,10-11H2,1-3H3. The summed E-state index contributed by atoms with van der Waals surface area (Å²) < 4.78 is 17.0. The third-order valence-corrected chi connectivity index (χ3v) is 4.18. The molecule has 1 saturated heterocycles. The largest absolute Gasteiger partial charge is 0.493 e. The lowest BCUT2D eigenvalue weighted by molar-refractivity contribution is -0.137. The SMILES string of the molecule is CCC(NCC1COC(C)(C)O1)c1ccc2c(c1)CCO2. The van der Waals surface area contributed by atoms with Crippen molar-refractivity contribution in [3.8, 4) is 5.75 Å². The molecule has 2 atom stereocenters. The molecule has 2 heterocycles. The topological polar surface area (TPSA) is 39.7 Å². The molecule has 0 aromatic heterocycles. The first-order valence-corrected chi connectivity index (χ1v) is 7.88. The average molecular weight is 291 g/mol. The van der Waals surface area contributed by atoms with Gasteiger partial charge in [0.15, 0.2) is 5.79 Å². The Labute approximate surface area is 126 Å². The zero-order valence-electron chi connectivity index (χ0n) is 13.1. The maximum absolute atomic E-state index is 5.85. The molecule has 4 nitrogen and oxygen atoms in total. The lowest BCUT2D eigenvalue weighted by atomic mass is 10.0. The minimum atomic E-state index is -0.445. The molecule has 0 amide bonds. The fraction of sp³-hybridized carbons (Fsp3) is 0.647. The summed E-state index contributed by atoms with van der Waals surface area (Å²) in [6.45, 7) is 8.42. The highest BCUT2D eigenvalue weighted by atomic mass is 16.7. The van der Waals surface area contributed by atoms with Crippen molar-refractivity contribution in [2.24, 2.45) is 0 Å². The van der Waals surface area contributed by atoms with Gasteiger partial charge in [-0.25, -0.2) is 0 Å². The van der Waals surface area contributed by atoms with Crippen LogP contribution in [-0.2, 0) is 15.9 Å². The van der Waals surface area contributed by atoms with E-state index in [0.717, 1.165) is 31.7 Å². The van der Waals surface area contributed by atoms with Crippen LogP contribution in [-0.4, -0.2) is 31.6 Å². The van der Waals surface area contributed by atoms with Crippen molar-refractivity contribution in [3.05, 3.63) is 29.3 Å². The van der Waals surface area contributed by atoms with E-state index >= 15 is 0 Å². The molecule has 1 aromatic rings. The predicted octanol–water partition coefficient (Wildman–Crippen LogP) is 2.81. The highest BCUT2D eigenvalue weighted by Gasteiger charge is 2.32. The van der Waals surface area contributed by atoms with Crippen LogP contribution in [0.25, 0.3) is 0 Å². The van der Waals surface area contributed by atoms with Crippen LogP contribution in [0.5, 0.6) is 5.75 Å². The number of ether oxygens (including phenoxy) is 3. The molecule has 4 heteroatoms.